The van der Waals surface area contributed by atoms with Crippen LogP contribution in [-0.2, 0) is 5.54 Å². The molecule has 0 unspecified atom stereocenters. The SMILES string of the molecule is NC1(c2nc(C3CCCCC3)cs2)CCC1. The molecule has 1 aromatic heterocycles. The standard InChI is InChI=1S/C13H20N2S/c14-13(7-4-8-13)12-15-11(9-16-12)10-5-2-1-3-6-10/h9-10H,1-8,14H2. The van der Waals surface area contributed by atoms with Gasteiger partial charge in [0.05, 0.1) is 11.2 Å². The molecule has 0 amide bonds. The van der Waals surface area contributed by atoms with Crippen molar-refractivity contribution in [1.82, 2.24) is 4.98 Å². The molecule has 0 spiro atoms. The summed E-state index contributed by atoms with van der Waals surface area (Å²) >= 11 is 1.79. The summed E-state index contributed by atoms with van der Waals surface area (Å²) in [6.45, 7) is 0. The fourth-order valence-electron chi connectivity index (χ4n) is 2.87. The van der Waals surface area contributed by atoms with Crippen LogP contribution in [0, 0.1) is 0 Å². The Hall–Kier alpha value is -0.410. The number of hydrogen-bond donors (Lipinski definition) is 1. The molecule has 3 heteroatoms. The second kappa shape index (κ2) is 4.11. The Morgan fingerprint density at radius 3 is 2.56 bits per heavy atom. The van der Waals surface area contributed by atoms with Gasteiger partial charge in [0.25, 0.3) is 0 Å². The summed E-state index contributed by atoms with van der Waals surface area (Å²) in [5, 5.41) is 3.46. The lowest BCUT2D eigenvalue weighted by atomic mass is 9.78. The van der Waals surface area contributed by atoms with Crippen LogP contribution in [0.4, 0.5) is 0 Å². The summed E-state index contributed by atoms with van der Waals surface area (Å²) in [5.41, 5.74) is 7.59. The average molecular weight is 236 g/mol. The van der Waals surface area contributed by atoms with Gasteiger partial charge in [-0.25, -0.2) is 4.98 Å². The summed E-state index contributed by atoms with van der Waals surface area (Å²) < 4.78 is 0. The van der Waals surface area contributed by atoms with Crippen LogP contribution in [0.2, 0.25) is 0 Å². The number of nitrogens with zero attached hydrogens (tertiary/aromatic N) is 1. The molecule has 0 bridgehead atoms. The minimum atomic E-state index is -0.0580. The van der Waals surface area contributed by atoms with E-state index in [1.54, 1.807) is 11.3 Å². The van der Waals surface area contributed by atoms with Crippen molar-refractivity contribution >= 4 is 11.3 Å². The van der Waals surface area contributed by atoms with Gasteiger partial charge in [-0.2, -0.15) is 0 Å². The molecule has 0 radical (unpaired) electrons. The van der Waals surface area contributed by atoms with Gasteiger partial charge in [0.2, 0.25) is 0 Å². The minimum Gasteiger partial charge on any atom is -0.319 e. The van der Waals surface area contributed by atoms with E-state index >= 15 is 0 Å². The minimum absolute atomic E-state index is 0.0580. The second-order valence-electron chi connectivity index (χ2n) is 5.42. The van der Waals surface area contributed by atoms with Crippen LogP contribution in [0.15, 0.2) is 5.38 Å². The molecule has 2 fully saturated rings. The first kappa shape index (κ1) is 10.7. The first-order valence-electron chi connectivity index (χ1n) is 6.53. The Labute approximate surface area is 101 Å². The molecule has 2 saturated carbocycles. The molecule has 0 saturated heterocycles. The molecule has 16 heavy (non-hydrogen) atoms. The number of nitrogens with two attached hydrogens (primary N) is 1. The molecule has 0 atom stereocenters. The monoisotopic (exact) mass is 236 g/mol. The van der Waals surface area contributed by atoms with Crippen molar-refractivity contribution in [2.45, 2.75) is 62.8 Å². The van der Waals surface area contributed by atoms with E-state index in [1.165, 1.54) is 49.2 Å². The van der Waals surface area contributed by atoms with Gasteiger partial charge in [-0.05, 0) is 32.1 Å². The Morgan fingerprint density at radius 1 is 1.19 bits per heavy atom. The summed E-state index contributed by atoms with van der Waals surface area (Å²) in [7, 11) is 0. The van der Waals surface area contributed by atoms with Crippen molar-refractivity contribution in [2.75, 3.05) is 0 Å². The highest BCUT2D eigenvalue weighted by Gasteiger charge is 2.37. The molecule has 2 N–H and O–H groups in total. The van der Waals surface area contributed by atoms with Crippen LogP contribution in [-0.4, -0.2) is 4.98 Å². The third kappa shape index (κ3) is 1.80. The second-order valence-corrected chi connectivity index (χ2v) is 6.28. The highest BCUT2D eigenvalue weighted by molar-refractivity contribution is 7.09. The fraction of sp³-hybridized carbons (Fsp3) is 0.769. The zero-order valence-electron chi connectivity index (χ0n) is 9.74. The molecule has 2 aliphatic carbocycles. The lowest BCUT2D eigenvalue weighted by molar-refractivity contribution is 0.252. The first-order chi connectivity index (χ1) is 7.78. The third-order valence-corrected chi connectivity index (χ3v) is 5.30. The summed E-state index contributed by atoms with van der Waals surface area (Å²) in [6.07, 6.45) is 10.4. The number of hydrogen-bond acceptors (Lipinski definition) is 3. The maximum Gasteiger partial charge on any atom is 0.113 e. The van der Waals surface area contributed by atoms with Gasteiger partial charge < -0.3 is 5.73 Å². The van der Waals surface area contributed by atoms with Crippen molar-refractivity contribution in [1.29, 1.82) is 0 Å². The van der Waals surface area contributed by atoms with Crippen molar-refractivity contribution in [3.05, 3.63) is 16.1 Å². The van der Waals surface area contributed by atoms with Crippen LogP contribution < -0.4 is 5.73 Å². The average Bonchev–Trinajstić information content (AvgIpc) is 2.77. The molecular weight excluding hydrogens is 216 g/mol. The number of thiazole rings is 1. The molecule has 3 rings (SSSR count). The topological polar surface area (TPSA) is 38.9 Å². The predicted molar refractivity (Wildman–Crippen MR) is 67.7 cm³/mol. The normalized spacial score (nSPS) is 25.3. The van der Waals surface area contributed by atoms with Crippen LogP contribution in [0.25, 0.3) is 0 Å². The van der Waals surface area contributed by atoms with Crippen molar-refractivity contribution in [3.63, 3.8) is 0 Å². The molecule has 88 valence electrons. The third-order valence-electron chi connectivity index (χ3n) is 4.22. The molecule has 0 aliphatic heterocycles. The van der Waals surface area contributed by atoms with E-state index in [0.717, 1.165) is 18.8 Å². The van der Waals surface area contributed by atoms with Crippen LogP contribution in [0.1, 0.15) is 68.0 Å². The Bertz CT molecular complexity index is 362. The van der Waals surface area contributed by atoms with E-state index in [9.17, 15) is 0 Å². The Balaban J connectivity index is 1.76. The van der Waals surface area contributed by atoms with Crippen molar-refractivity contribution in [2.24, 2.45) is 5.73 Å². The Morgan fingerprint density at radius 2 is 1.94 bits per heavy atom. The van der Waals surface area contributed by atoms with Crippen LogP contribution in [0.5, 0.6) is 0 Å². The van der Waals surface area contributed by atoms with E-state index in [-0.39, 0.29) is 5.54 Å². The molecule has 2 nitrogen and oxygen atoms in total. The lowest BCUT2D eigenvalue weighted by Gasteiger charge is -2.36. The zero-order valence-corrected chi connectivity index (χ0v) is 10.6. The van der Waals surface area contributed by atoms with Gasteiger partial charge in [0, 0.05) is 11.3 Å². The van der Waals surface area contributed by atoms with Gasteiger partial charge in [0.15, 0.2) is 0 Å². The molecule has 1 heterocycles. The Kier molecular flexibility index (Phi) is 2.76. The molecular formula is C13H20N2S. The van der Waals surface area contributed by atoms with Gasteiger partial charge in [-0.1, -0.05) is 19.3 Å². The van der Waals surface area contributed by atoms with E-state index in [0.29, 0.717) is 0 Å². The maximum absolute atomic E-state index is 6.31. The van der Waals surface area contributed by atoms with Crippen molar-refractivity contribution in [3.8, 4) is 0 Å². The first-order valence-corrected chi connectivity index (χ1v) is 7.41. The molecule has 0 aromatic carbocycles. The van der Waals surface area contributed by atoms with E-state index < -0.39 is 0 Å². The summed E-state index contributed by atoms with van der Waals surface area (Å²) in [4.78, 5) is 4.82. The van der Waals surface area contributed by atoms with Gasteiger partial charge in [0.1, 0.15) is 5.01 Å². The summed E-state index contributed by atoms with van der Waals surface area (Å²) in [5.74, 6) is 0.724. The van der Waals surface area contributed by atoms with Gasteiger partial charge in [-0.3, -0.25) is 0 Å². The molecule has 1 aromatic rings. The van der Waals surface area contributed by atoms with E-state index in [4.69, 9.17) is 10.7 Å². The lowest BCUT2D eigenvalue weighted by Crippen LogP contribution is -2.43. The van der Waals surface area contributed by atoms with Crippen molar-refractivity contribution < 1.29 is 0 Å². The largest absolute Gasteiger partial charge is 0.319 e. The van der Waals surface area contributed by atoms with Gasteiger partial charge in [-0.15, -0.1) is 11.3 Å². The number of rotatable bonds is 2. The quantitative estimate of drug-likeness (QED) is 0.853. The van der Waals surface area contributed by atoms with Crippen LogP contribution >= 0.6 is 11.3 Å². The highest BCUT2D eigenvalue weighted by atomic mass is 32.1. The highest BCUT2D eigenvalue weighted by Crippen LogP contribution is 2.42. The smallest absolute Gasteiger partial charge is 0.113 e. The number of aromatic nitrogens is 1. The van der Waals surface area contributed by atoms with E-state index in [1.807, 2.05) is 0 Å². The zero-order chi connectivity index (χ0) is 11.0. The maximum atomic E-state index is 6.31. The predicted octanol–water partition coefficient (Wildman–Crippen LogP) is 3.53. The van der Waals surface area contributed by atoms with E-state index in [2.05, 4.69) is 5.38 Å². The molecule has 2 aliphatic rings. The summed E-state index contributed by atoms with van der Waals surface area (Å²) in [6, 6.07) is 0. The van der Waals surface area contributed by atoms with Gasteiger partial charge >= 0.3 is 0 Å². The van der Waals surface area contributed by atoms with Crippen LogP contribution in [0.3, 0.4) is 0 Å². The fourth-order valence-corrected chi connectivity index (χ4v) is 3.95.